The van der Waals surface area contributed by atoms with Gasteiger partial charge in [0.25, 0.3) is 5.91 Å². The summed E-state index contributed by atoms with van der Waals surface area (Å²) < 4.78 is 0. The number of halogens is 1. The van der Waals surface area contributed by atoms with Crippen LogP contribution in [0.2, 0.25) is 5.02 Å². The molecular formula is C16H14ClN3O. The van der Waals surface area contributed by atoms with Gasteiger partial charge in [-0.05, 0) is 49.2 Å². The quantitative estimate of drug-likeness (QED) is 0.831. The fraction of sp³-hybridized carbons (Fsp3) is 0.125. The Morgan fingerprint density at radius 2 is 1.95 bits per heavy atom. The predicted octanol–water partition coefficient (Wildman–Crippen LogP) is 3.66. The van der Waals surface area contributed by atoms with E-state index in [1.165, 1.54) is 6.07 Å². The third-order valence-electron chi connectivity index (χ3n) is 3.20. The van der Waals surface area contributed by atoms with Crippen LogP contribution in [-0.4, -0.2) is 5.91 Å². The fourth-order valence-corrected chi connectivity index (χ4v) is 2.16. The summed E-state index contributed by atoms with van der Waals surface area (Å²) in [6.07, 6.45) is 0. The van der Waals surface area contributed by atoms with Gasteiger partial charge in [-0.15, -0.1) is 0 Å². The second kappa shape index (κ2) is 5.86. The van der Waals surface area contributed by atoms with E-state index in [0.717, 1.165) is 11.1 Å². The fourth-order valence-electron chi connectivity index (χ4n) is 2.00. The standard InChI is InChI=1S/C16H14ClN3O/c1-9-5-10(2)15(19)7-13(9)16(21)20-12-3-4-14(17)11(6-12)8-18/h3-7H,19H2,1-2H3,(H,20,21). The van der Waals surface area contributed by atoms with Gasteiger partial charge in [-0.3, -0.25) is 4.79 Å². The average molecular weight is 300 g/mol. The van der Waals surface area contributed by atoms with Crippen LogP contribution in [0, 0.1) is 25.2 Å². The minimum Gasteiger partial charge on any atom is -0.398 e. The first-order valence-corrected chi connectivity index (χ1v) is 6.68. The summed E-state index contributed by atoms with van der Waals surface area (Å²) in [6, 6.07) is 10.3. The van der Waals surface area contributed by atoms with Crippen molar-refractivity contribution < 1.29 is 4.79 Å². The third kappa shape index (κ3) is 3.15. The highest BCUT2D eigenvalue weighted by Gasteiger charge is 2.12. The second-order valence-corrected chi connectivity index (χ2v) is 5.19. The Morgan fingerprint density at radius 3 is 2.62 bits per heavy atom. The van der Waals surface area contributed by atoms with Crippen molar-refractivity contribution in [1.29, 1.82) is 5.26 Å². The van der Waals surface area contributed by atoms with E-state index in [1.54, 1.807) is 18.2 Å². The lowest BCUT2D eigenvalue weighted by Gasteiger charge is -2.11. The molecule has 0 radical (unpaired) electrons. The lowest BCUT2D eigenvalue weighted by atomic mass is 10.0. The molecule has 0 spiro atoms. The van der Waals surface area contributed by atoms with E-state index < -0.39 is 0 Å². The number of amides is 1. The van der Waals surface area contributed by atoms with Crippen LogP contribution in [-0.2, 0) is 0 Å². The molecule has 5 heteroatoms. The first-order valence-electron chi connectivity index (χ1n) is 6.30. The lowest BCUT2D eigenvalue weighted by Crippen LogP contribution is -2.14. The van der Waals surface area contributed by atoms with Crippen LogP contribution in [0.3, 0.4) is 0 Å². The van der Waals surface area contributed by atoms with E-state index in [1.807, 2.05) is 26.0 Å². The smallest absolute Gasteiger partial charge is 0.256 e. The van der Waals surface area contributed by atoms with Crippen LogP contribution in [0.25, 0.3) is 0 Å². The van der Waals surface area contributed by atoms with Gasteiger partial charge < -0.3 is 11.1 Å². The number of benzene rings is 2. The number of anilines is 2. The molecule has 0 bridgehead atoms. The normalized spacial score (nSPS) is 10.0. The van der Waals surface area contributed by atoms with E-state index in [4.69, 9.17) is 22.6 Å². The maximum atomic E-state index is 12.3. The van der Waals surface area contributed by atoms with Crippen LogP contribution in [0.4, 0.5) is 11.4 Å². The van der Waals surface area contributed by atoms with E-state index in [2.05, 4.69) is 5.32 Å². The molecule has 1 amide bonds. The molecule has 0 aliphatic rings. The zero-order valence-corrected chi connectivity index (χ0v) is 12.5. The first-order chi connectivity index (χ1) is 9.92. The van der Waals surface area contributed by atoms with Crippen LogP contribution in [0.1, 0.15) is 27.0 Å². The maximum Gasteiger partial charge on any atom is 0.256 e. The molecule has 0 heterocycles. The van der Waals surface area contributed by atoms with Crippen LogP contribution >= 0.6 is 11.6 Å². The average Bonchev–Trinajstić information content (AvgIpc) is 2.44. The zero-order valence-electron chi connectivity index (χ0n) is 11.7. The molecule has 0 saturated carbocycles. The monoisotopic (exact) mass is 299 g/mol. The zero-order chi connectivity index (χ0) is 15.6. The van der Waals surface area contributed by atoms with Gasteiger partial charge in [0, 0.05) is 16.9 Å². The van der Waals surface area contributed by atoms with E-state index in [0.29, 0.717) is 27.5 Å². The second-order valence-electron chi connectivity index (χ2n) is 4.78. The molecule has 2 aromatic rings. The largest absolute Gasteiger partial charge is 0.398 e. The lowest BCUT2D eigenvalue weighted by molar-refractivity contribution is 0.102. The Labute approximate surface area is 128 Å². The molecule has 2 aromatic carbocycles. The predicted molar refractivity (Wildman–Crippen MR) is 84.4 cm³/mol. The van der Waals surface area contributed by atoms with Gasteiger partial charge in [-0.1, -0.05) is 17.7 Å². The molecule has 0 unspecified atom stereocenters. The number of nitrogens with zero attached hydrogens (tertiary/aromatic N) is 1. The van der Waals surface area contributed by atoms with Crippen molar-refractivity contribution >= 4 is 28.9 Å². The molecule has 0 aliphatic carbocycles. The molecule has 0 fully saturated rings. The summed E-state index contributed by atoms with van der Waals surface area (Å²) in [5.41, 5.74) is 9.52. The van der Waals surface area contributed by atoms with Crippen molar-refractivity contribution in [3.8, 4) is 6.07 Å². The van der Waals surface area contributed by atoms with Gasteiger partial charge in [-0.25, -0.2) is 0 Å². The van der Waals surface area contributed by atoms with Crippen molar-refractivity contribution in [2.75, 3.05) is 11.1 Å². The summed E-state index contributed by atoms with van der Waals surface area (Å²) in [4.78, 5) is 12.3. The molecule has 0 atom stereocenters. The third-order valence-corrected chi connectivity index (χ3v) is 3.53. The van der Waals surface area contributed by atoms with Gasteiger partial charge in [0.1, 0.15) is 6.07 Å². The SMILES string of the molecule is Cc1cc(C)c(C(=O)Nc2ccc(Cl)c(C#N)c2)cc1N. The number of nitrogens with one attached hydrogen (secondary N) is 1. The molecule has 2 rings (SSSR count). The minimum absolute atomic E-state index is 0.273. The van der Waals surface area contributed by atoms with Gasteiger partial charge in [0.05, 0.1) is 10.6 Å². The summed E-state index contributed by atoms with van der Waals surface area (Å²) >= 11 is 5.86. The van der Waals surface area contributed by atoms with Gasteiger partial charge >= 0.3 is 0 Å². The Balaban J connectivity index is 2.31. The Hall–Kier alpha value is -2.51. The number of nitrogens with two attached hydrogens (primary N) is 1. The topological polar surface area (TPSA) is 78.9 Å². The number of aryl methyl sites for hydroxylation is 2. The van der Waals surface area contributed by atoms with Crippen molar-refractivity contribution in [2.24, 2.45) is 0 Å². The maximum absolute atomic E-state index is 12.3. The number of nitrogen functional groups attached to an aromatic ring is 1. The Kier molecular flexibility index (Phi) is 4.15. The summed E-state index contributed by atoms with van der Waals surface area (Å²) in [5, 5.41) is 12.0. The minimum atomic E-state index is -0.273. The van der Waals surface area contributed by atoms with Crippen molar-refractivity contribution in [2.45, 2.75) is 13.8 Å². The molecule has 0 aliphatic heterocycles. The molecule has 3 N–H and O–H groups in total. The van der Waals surface area contributed by atoms with Gasteiger partial charge in [0.15, 0.2) is 0 Å². The summed E-state index contributed by atoms with van der Waals surface area (Å²) in [5.74, 6) is -0.273. The van der Waals surface area contributed by atoms with Crippen molar-refractivity contribution in [3.63, 3.8) is 0 Å². The van der Waals surface area contributed by atoms with E-state index in [-0.39, 0.29) is 5.91 Å². The number of carbonyl (C=O) groups excluding carboxylic acids is 1. The number of carbonyl (C=O) groups is 1. The Morgan fingerprint density at radius 1 is 1.24 bits per heavy atom. The van der Waals surface area contributed by atoms with Crippen molar-refractivity contribution in [1.82, 2.24) is 0 Å². The number of hydrogen-bond acceptors (Lipinski definition) is 3. The molecule has 0 saturated heterocycles. The molecule has 4 nitrogen and oxygen atoms in total. The van der Waals surface area contributed by atoms with Gasteiger partial charge in [-0.2, -0.15) is 5.26 Å². The van der Waals surface area contributed by atoms with Crippen LogP contribution in [0.5, 0.6) is 0 Å². The molecular weight excluding hydrogens is 286 g/mol. The molecule has 21 heavy (non-hydrogen) atoms. The highest BCUT2D eigenvalue weighted by Crippen LogP contribution is 2.22. The highest BCUT2D eigenvalue weighted by atomic mass is 35.5. The van der Waals surface area contributed by atoms with Crippen LogP contribution < -0.4 is 11.1 Å². The van der Waals surface area contributed by atoms with Crippen LogP contribution in [0.15, 0.2) is 30.3 Å². The van der Waals surface area contributed by atoms with Crippen molar-refractivity contribution in [3.05, 3.63) is 57.6 Å². The number of hydrogen-bond donors (Lipinski definition) is 2. The highest BCUT2D eigenvalue weighted by molar-refractivity contribution is 6.31. The van der Waals surface area contributed by atoms with E-state index >= 15 is 0 Å². The van der Waals surface area contributed by atoms with Gasteiger partial charge in [0.2, 0.25) is 0 Å². The molecule has 106 valence electrons. The Bertz CT molecular complexity index is 763. The molecule has 0 aromatic heterocycles. The first kappa shape index (κ1) is 14.9. The summed E-state index contributed by atoms with van der Waals surface area (Å²) in [7, 11) is 0. The number of nitriles is 1. The van der Waals surface area contributed by atoms with E-state index in [9.17, 15) is 4.79 Å². The number of rotatable bonds is 2. The summed E-state index contributed by atoms with van der Waals surface area (Å²) in [6.45, 7) is 3.74.